The molecule has 0 bridgehead atoms. The molecule has 1 fully saturated rings. The molecule has 1 N–H and O–H groups in total. The van der Waals surface area contributed by atoms with Crippen molar-refractivity contribution in [3.63, 3.8) is 0 Å². The van der Waals surface area contributed by atoms with Crippen molar-refractivity contribution in [2.24, 2.45) is 0 Å². The summed E-state index contributed by atoms with van der Waals surface area (Å²) in [5.74, 6) is 0. The van der Waals surface area contributed by atoms with E-state index in [2.05, 4.69) is 9.24 Å². The number of hydrogen-bond acceptors (Lipinski definition) is 2. The second-order valence-corrected chi connectivity index (χ2v) is 3.45. The van der Waals surface area contributed by atoms with Gasteiger partial charge in [-0.3, -0.25) is 0 Å². The van der Waals surface area contributed by atoms with Gasteiger partial charge in [0.2, 0.25) is 0 Å². The summed E-state index contributed by atoms with van der Waals surface area (Å²) in [5, 5.41) is 9.31. The number of aliphatic hydroxyl groups is 1. The van der Waals surface area contributed by atoms with Gasteiger partial charge in [-0.1, -0.05) is 0 Å². The molecule has 0 amide bonds. The highest BCUT2D eigenvalue weighted by molar-refractivity contribution is 7.16. The van der Waals surface area contributed by atoms with Gasteiger partial charge in [0.25, 0.3) is 0 Å². The smallest absolute Gasteiger partial charge is 0.113 e. The summed E-state index contributed by atoms with van der Waals surface area (Å²) < 4.78 is 5.32. The van der Waals surface area contributed by atoms with Crippen molar-refractivity contribution in [1.29, 1.82) is 0 Å². The van der Waals surface area contributed by atoms with Crippen LogP contribution in [0.4, 0.5) is 0 Å². The quantitative estimate of drug-likeness (QED) is 0.426. The molecule has 4 atom stereocenters. The summed E-state index contributed by atoms with van der Waals surface area (Å²) in [6, 6.07) is 0. The molecule has 56 valence electrons. The van der Waals surface area contributed by atoms with E-state index >= 15 is 0 Å². The largest absolute Gasteiger partial charge is 0.390 e. The van der Waals surface area contributed by atoms with E-state index < -0.39 is 11.6 Å². The lowest BCUT2D eigenvalue weighted by Gasteiger charge is -2.18. The van der Waals surface area contributed by atoms with Gasteiger partial charge in [0.1, 0.15) is 7.85 Å². The van der Waals surface area contributed by atoms with E-state index in [4.69, 9.17) is 12.6 Å². The maximum Gasteiger partial charge on any atom is 0.113 e. The molecule has 1 rings (SSSR count). The van der Waals surface area contributed by atoms with Crippen LogP contribution in [0.5, 0.6) is 0 Å². The molecule has 1 heterocycles. The molecule has 2 radical (unpaired) electrons. The Bertz CT molecular complexity index is 129. The molecule has 10 heavy (non-hydrogen) atoms. The maximum atomic E-state index is 9.31. The van der Waals surface area contributed by atoms with Crippen molar-refractivity contribution in [3.05, 3.63) is 0 Å². The number of aliphatic hydroxyl groups excluding tert-OH is 1. The Morgan fingerprint density at radius 3 is 2.70 bits per heavy atom. The molecule has 0 aliphatic carbocycles. The third-order valence-corrected chi connectivity index (χ3v) is 2.16. The minimum atomic E-state index is -0.624. The zero-order chi connectivity index (χ0) is 7.78. The molecule has 2 nitrogen and oxygen atoms in total. The Labute approximate surface area is 64.9 Å². The van der Waals surface area contributed by atoms with Crippen LogP contribution in [-0.4, -0.2) is 36.8 Å². The van der Waals surface area contributed by atoms with E-state index in [0.29, 0.717) is 6.42 Å². The highest BCUT2D eigenvalue weighted by Crippen LogP contribution is 2.28. The zero-order valence-corrected chi connectivity index (χ0v) is 7.23. The van der Waals surface area contributed by atoms with Crippen LogP contribution < -0.4 is 0 Å². The number of rotatable bonds is 1. The summed E-state index contributed by atoms with van der Waals surface area (Å²) in [6.45, 7) is 1.79. The first-order valence-electron chi connectivity index (χ1n) is 3.40. The van der Waals surface area contributed by atoms with Gasteiger partial charge in [-0.15, -0.1) is 9.24 Å². The summed E-state index contributed by atoms with van der Waals surface area (Å²) in [7, 11) is 8.18. The Balaban J connectivity index is 2.52. The molecule has 0 aromatic rings. The lowest BCUT2D eigenvalue weighted by Crippen LogP contribution is -2.25. The summed E-state index contributed by atoms with van der Waals surface area (Å²) in [5.41, 5.74) is -0.624. The summed E-state index contributed by atoms with van der Waals surface area (Å²) >= 11 is 0. The van der Waals surface area contributed by atoms with Crippen LogP contribution in [0.25, 0.3) is 0 Å². The highest BCUT2D eigenvalue weighted by atomic mass is 31.0. The Kier molecular flexibility index (Phi) is 2.39. The van der Waals surface area contributed by atoms with Crippen molar-refractivity contribution in [3.8, 4) is 0 Å². The molecule has 1 aliphatic heterocycles. The van der Waals surface area contributed by atoms with Crippen LogP contribution in [0.2, 0.25) is 0 Å². The SMILES string of the molecule is [B][C@@]1(C)CC(O)[C@@H](CP)O1. The fourth-order valence-corrected chi connectivity index (χ4v) is 1.63. The van der Waals surface area contributed by atoms with Crippen molar-refractivity contribution in [2.75, 3.05) is 6.16 Å². The average Bonchev–Trinajstić information content (AvgIpc) is 2.05. The minimum Gasteiger partial charge on any atom is -0.390 e. The van der Waals surface area contributed by atoms with Crippen LogP contribution in [0.1, 0.15) is 13.3 Å². The third-order valence-electron chi connectivity index (χ3n) is 1.70. The predicted octanol–water partition coefficient (Wildman–Crippen LogP) is -0.104. The van der Waals surface area contributed by atoms with E-state index in [1.54, 1.807) is 6.92 Å². The highest BCUT2D eigenvalue weighted by Gasteiger charge is 2.37. The van der Waals surface area contributed by atoms with Gasteiger partial charge in [-0.2, -0.15) is 0 Å². The Morgan fingerprint density at radius 2 is 2.50 bits per heavy atom. The summed E-state index contributed by atoms with van der Waals surface area (Å²) in [4.78, 5) is 0. The average molecular weight is 158 g/mol. The van der Waals surface area contributed by atoms with Crippen molar-refractivity contribution in [1.82, 2.24) is 0 Å². The normalized spacial score (nSPS) is 47.9. The molecule has 1 aliphatic rings. The second kappa shape index (κ2) is 2.81. The number of ether oxygens (including phenoxy) is 1. The molecule has 0 aromatic carbocycles. The van der Waals surface area contributed by atoms with Gasteiger partial charge in [0, 0.05) is 5.50 Å². The topological polar surface area (TPSA) is 29.5 Å². The van der Waals surface area contributed by atoms with Crippen LogP contribution in [0.15, 0.2) is 0 Å². The molecule has 2 unspecified atom stereocenters. The van der Waals surface area contributed by atoms with Crippen LogP contribution >= 0.6 is 9.24 Å². The van der Waals surface area contributed by atoms with Gasteiger partial charge in [-0.25, -0.2) is 0 Å². The fourth-order valence-electron chi connectivity index (χ4n) is 1.22. The van der Waals surface area contributed by atoms with E-state index in [-0.39, 0.29) is 6.10 Å². The maximum absolute atomic E-state index is 9.31. The van der Waals surface area contributed by atoms with E-state index in [1.807, 2.05) is 0 Å². The van der Waals surface area contributed by atoms with Gasteiger partial charge < -0.3 is 9.84 Å². The van der Waals surface area contributed by atoms with Crippen molar-refractivity contribution >= 4 is 17.1 Å². The van der Waals surface area contributed by atoms with Crippen LogP contribution in [-0.2, 0) is 4.74 Å². The monoisotopic (exact) mass is 158 g/mol. The summed E-state index contributed by atoms with van der Waals surface area (Å²) in [6.07, 6.45) is 0.785. The lowest BCUT2D eigenvalue weighted by atomic mass is 9.81. The van der Waals surface area contributed by atoms with Gasteiger partial charge >= 0.3 is 0 Å². The van der Waals surface area contributed by atoms with E-state index in [9.17, 15) is 5.11 Å². The Morgan fingerprint density at radius 1 is 1.90 bits per heavy atom. The second-order valence-electron chi connectivity index (χ2n) is 2.98. The third kappa shape index (κ3) is 1.72. The fraction of sp³-hybridized carbons (Fsp3) is 1.00. The van der Waals surface area contributed by atoms with Crippen molar-refractivity contribution < 1.29 is 9.84 Å². The molecular formula is C6H12BO2P. The predicted molar refractivity (Wildman–Crippen MR) is 44.2 cm³/mol. The molecular weight excluding hydrogens is 146 g/mol. The minimum absolute atomic E-state index is 0.0972. The first-order valence-corrected chi connectivity index (χ1v) is 4.21. The zero-order valence-electron chi connectivity index (χ0n) is 6.08. The molecule has 0 spiro atoms. The molecule has 4 heteroatoms. The lowest BCUT2D eigenvalue weighted by molar-refractivity contribution is 0.0133. The number of hydrogen-bond donors (Lipinski definition) is 1. The van der Waals surface area contributed by atoms with Crippen LogP contribution in [0.3, 0.4) is 0 Å². The van der Waals surface area contributed by atoms with Crippen molar-refractivity contribution in [2.45, 2.75) is 31.1 Å². The van der Waals surface area contributed by atoms with Crippen LogP contribution in [0, 0.1) is 0 Å². The molecule has 1 saturated heterocycles. The first-order chi connectivity index (χ1) is 4.55. The van der Waals surface area contributed by atoms with E-state index in [1.165, 1.54) is 0 Å². The Hall–Kier alpha value is 0.415. The van der Waals surface area contributed by atoms with Gasteiger partial charge in [0.05, 0.1) is 12.2 Å². The standard InChI is InChI=1S/C6H12BO2P/c1-6(7)2-4(8)5(3-10)9-6/h4-5,8H,2-3,10H2,1H3/t4?,5-,6-/m1/s1. The molecule has 0 saturated carbocycles. The van der Waals surface area contributed by atoms with E-state index in [0.717, 1.165) is 6.16 Å². The van der Waals surface area contributed by atoms with Gasteiger partial charge in [-0.05, 0) is 19.5 Å². The van der Waals surface area contributed by atoms with Gasteiger partial charge in [0.15, 0.2) is 0 Å². The first kappa shape index (κ1) is 8.51. The molecule has 0 aromatic heterocycles.